The molecule has 2 fully saturated rings. The number of carbonyl (C=O) groups excluding carboxylic acids is 1. The van der Waals surface area contributed by atoms with E-state index in [1.807, 2.05) is 32.9 Å². The first-order valence-corrected chi connectivity index (χ1v) is 10.0. The molecule has 0 radical (unpaired) electrons. The molecule has 2 heterocycles. The second kappa shape index (κ2) is 5.39. The first-order chi connectivity index (χ1) is 9.94. The van der Waals surface area contributed by atoms with Crippen LogP contribution in [0, 0.1) is 20.8 Å². The normalized spacial score (nSPS) is 32.0. The van der Waals surface area contributed by atoms with Gasteiger partial charge < -0.3 is 4.57 Å². The van der Waals surface area contributed by atoms with Crippen LogP contribution in [0.2, 0.25) is 0 Å². The third-order valence-corrected chi connectivity index (χ3v) is 9.51. The highest BCUT2D eigenvalue weighted by Crippen LogP contribution is 2.68. The molecule has 21 heavy (non-hydrogen) atoms. The Morgan fingerprint density at radius 3 is 1.90 bits per heavy atom. The zero-order valence-electron chi connectivity index (χ0n) is 13.3. The van der Waals surface area contributed by atoms with E-state index in [1.54, 1.807) is 0 Å². The third kappa shape index (κ3) is 2.32. The van der Waals surface area contributed by atoms with E-state index < -0.39 is 7.14 Å². The van der Waals surface area contributed by atoms with Crippen molar-refractivity contribution in [3.63, 3.8) is 0 Å². The number of fused-ring (bicyclic) bond motifs is 2. The standard InChI is InChI=1S/C18H25O2P/c1-12-10-13(2)17(14(3)11-12)18(19)21(20)15-6-4-5-7-16(21)9-8-15/h10-11,15-16H,4-9H2,1-3H3. The Morgan fingerprint density at radius 1 is 0.952 bits per heavy atom. The van der Waals surface area contributed by atoms with Crippen molar-refractivity contribution in [3.8, 4) is 0 Å². The highest BCUT2D eigenvalue weighted by molar-refractivity contribution is 7.82. The Hall–Kier alpha value is -0.880. The van der Waals surface area contributed by atoms with Gasteiger partial charge in [-0.2, -0.15) is 0 Å². The average Bonchev–Trinajstić information content (AvgIpc) is 2.57. The molecule has 0 saturated carbocycles. The molecule has 2 saturated heterocycles. The maximum Gasteiger partial charge on any atom is 0.222 e. The lowest BCUT2D eigenvalue weighted by molar-refractivity contribution is 0.107. The molecule has 0 aliphatic carbocycles. The molecule has 0 spiro atoms. The highest BCUT2D eigenvalue weighted by Gasteiger charge is 2.52. The number of rotatable bonds is 2. The number of benzene rings is 1. The number of carbonyl (C=O) groups is 1. The molecule has 0 amide bonds. The van der Waals surface area contributed by atoms with Gasteiger partial charge in [-0.05, 0) is 57.6 Å². The Balaban J connectivity index is 2.08. The van der Waals surface area contributed by atoms with E-state index in [0.29, 0.717) is 0 Å². The summed E-state index contributed by atoms with van der Waals surface area (Å²) in [4.78, 5) is 13.2. The quantitative estimate of drug-likeness (QED) is 0.702. The Kier molecular flexibility index (Phi) is 3.86. The summed E-state index contributed by atoms with van der Waals surface area (Å²) in [6.45, 7) is 6.02. The SMILES string of the molecule is Cc1cc(C)c(C(=O)P2(=O)C3CCCCC2CC3)c(C)c1. The Labute approximate surface area is 127 Å². The van der Waals surface area contributed by atoms with E-state index in [9.17, 15) is 9.36 Å². The minimum Gasteiger partial charge on any atom is -0.315 e. The fourth-order valence-corrected chi connectivity index (χ4v) is 8.68. The van der Waals surface area contributed by atoms with Crippen molar-refractivity contribution in [3.05, 3.63) is 34.4 Å². The molecule has 2 aliphatic rings. The van der Waals surface area contributed by atoms with Crippen LogP contribution in [0.5, 0.6) is 0 Å². The molecule has 0 aromatic heterocycles. The van der Waals surface area contributed by atoms with Crippen LogP contribution in [0.1, 0.15) is 65.6 Å². The van der Waals surface area contributed by atoms with Crippen LogP contribution in [0.15, 0.2) is 12.1 Å². The van der Waals surface area contributed by atoms with Crippen molar-refractivity contribution in [1.82, 2.24) is 0 Å². The lowest BCUT2D eigenvalue weighted by atomic mass is 10.0. The molecule has 3 heteroatoms. The van der Waals surface area contributed by atoms with Crippen molar-refractivity contribution in [2.24, 2.45) is 0 Å². The molecule has 2 bridgehead atoms. The van der Waals surface area contributed by atoms with Crippen LogP contribution in [0.4, 0.5) is 0 Å². The van der Waals surface area contributed by atoms with Crippen LogP contribution in [0.25, 0.3) is 0 Å². The Bertz CT molecular complexity index is 591. The van der Waals surface area contributed by atoms with Crippen molar-refractivity contribution in [2.45, 2.75) is 70.6 Å². The second-order valence-corrected chi connectivity index (χ2v) is 10.2. The largest absolute Gasteiger partial charge is 0.315 e. The highest BCUT2D eigenvalue weighted by atomic mass is 31.2. The van der Waals surface area contributed by atoms with E-state index in [1.165, 1.54) is 5.56 Å². The van der Waals surface area contributed by atoms with E-state index >= 15 is 0 Å². The molecule has 2 aliphatic heterocycles. The summed E-state index contributed by atoms with van der Waals surface area (Å²) < 4.78 is 13.7. The van der Waals surface area contributed by atoms with Gasteiger partial charge in [0.15, 0.2) is 7.14 Å². The zero-order chi connectivity index (χ0) is 15.2. The maximum absolute atomic E-state index is 13.7. The fourth-order valence-electron chi connectivity index (χ4n) is 4.52. The third-order valence-electron chi connectivity index (χ3n) is 5.45. The molecule has 3 rings (SSSR count). The molecule has 0 N–H and O–H groups in total. The van der Waals surface area contributed by atoms with Crippen LogP contribution < -0.4 is 0 Å². The molecule has 2 atom stereocenters. The lowest BCUT2D eigenvalue weighted by Gasteiger charge is -2.24. The predicted octanol–water partition coefficient (Wildman–Crippen LogP) is 5.22. The molecule has 2 unspecified atom stereocenters. The molecular weight excluding hydrogens is 279 g/mol. The molecule has 2 nitrogen and oxygen atoms in total. The molecule has 1 aromatic rings. The van der Waals surface area contributed by atoms with Crippen LogP contribution in [-0.2, 0) is 4.57 Å². The van der Waals surface area contributed by atoms with Gasteiger partial charge in [-0.3, -0.25) is 4.79 Å². The van der Waals surface area contributed by atoms with Gasteiger partial charge in [0.1, 0.15) is 0 Å². The van der Waals surface area contributed by atoms with E-state index in [0.717, 1.165) is 55.2 Å². The number of aryl methyl sites for hydroxylation is 3. The van der Waals surface area contributed by atoms with Gasteiger partial charge in [-0.1, -0.05) is 30.5 Å². The number of hydrogen-bond acceptors (Lipinski definition) is 2. The van der Waals surface area contributed by atoms with Crippen LogP contribution >= 0.6 is 7.14 Å². The predicted molar refractivity (Wildman–Crippen MR) is 87.9 cm³/mol. The lowest BCUT2D eigenvalue weighted by Crippen LogP contribution is -2.16. The van der Waals surface area contributed by atoms with Gasteiger partial charge in [-0.15, -0.1) is 0 Å². The summed E-state index contributed by atoms with van der Waals surface area (Å²) in [5.74, 6) is 0. The summed E-state index contributed by atoms with van der Waals surface area (Å²) in [5, 5.41) is 0. The monoisotopic (exact) mass is 304 g/mol. The van der Waals surface area contributed by atoms with Crippen LogP contribution in [0.3, 0.4) is 0 Å². The van der Waals surface area contributed by atoms with Gasteiger partial charge >= 0.3 is 0 Å². The topological polar surface area (TPSA) is 34.1 Å². The summed E-state index contributed by atoms with van der Waals surface area (Å²) in [6.07, 6.45) is 6.26. The molecular formula is C18H25O2P. The molecule has 114 valence electrons. The van der Waals surface area contributed by atoms with E-state index in [4.69, 9.17) is 0 Å². The van der Waals surface area contributed by atoms with Gasteiger partial charge in [0.2, 0.25) is 5.52 Å². The van der Waals surface area contributed by atoms with Crippen molar-refractivity contribution in [2.75, 3.05) is 0 Å². The van der Waals surface area contributed by atoms with Gasteiger partial charge in [-0.25, -0.2) is 0 Å². The smallest absolute Gasteiger partial charge is 0.222 e. The summed E-state index contributed by atoms with van der Waals surface area (Å²) in [7, 11) is -2.75. The fraction of sp³-hybridized carbons (Fsp3) is 0.611. The van der Waals surface area contributed by atoms with Crippen molar-refractivity contribution >= 4 is 12.7 Å². The van der Waals surface area contributed by atoms with E-state index in [2.05, 4.69) is 0 Å². The minimum absolute atomic E-state index is 0.00750. The summed E-state index contributed by atoms with van der Waals surface area (Å²) >= 11 is 0. The first-order valence-electron chi connectivity index (χ1n) is 8.16. The minimum atomic E-state index is -2.75. The maximum atomic E-state index is 13.7. The van der Waals surface area contributed by atoms with Gasteiger partial charge in [0.25, 0.3) is 0 Å². The Morgan fingerprint density at radius 2 is 1.43 bits per heavy atom. The summed E-state index contributed by atoms with van der Waals surface area (Å²) in [5.41, 5.74) is 4.24. The van der Waals surface area contributed by atoms with Crippen molar-refractivity contribution in [1.29, 1.82) is 0 Å². The first kappa shape index (κ1) is 15.0. The van der Waals surface area contributed by atoms with Gasteiger partial charge in [0.05, 0.1) is 0 Å². The average molecular weight is 304 g/mol. The molecule has 1 aromatic carbocycles. The van der Waals surface area contributed by atoms with Crippen LogP contribution in [-0.4, -0.2) is 16.8 Å². The second-order valence-electron chi connectivity index (χ2n) is 6.96. The number of hydrogen-bond donors (Lipinski definition) is 0. The van der Waals surface area contributed by atoms with Crippen molar-refractivity contribution < 1.29 is 9.36 Å². The van der Waals surface area contributed by atoms with Gasteiger partial charge in [0, 0.05) is 16.9 Å². The zero-order valence-corrected chi connectivity index (χ0v) is 14.2. The summed E-state index contributed by atoms with van der Waals surface area (Å²) in [6, 6.07) is 4.10. The van der Waals surface area contributed by atoms with E-state index in [-0.39, 0.29) is 16.8 Å².